The van der Waals surface area contributed by atoms with Crippen LogP contribution >= 0.6 is 11.6 Å². The number of hydrogen-bond donors (Lipinski definition) is 3. The van der Waals surface area contributed by atoms with Crippen LogP contribution < -0.4 is 26.5 Å². The van der Waals surface area contributed by atoms with Crippen LogP contribution in [-0.4, -0.2) is 21.7 Å². The lowest BCUT2D eigenvalue weighted by Crippen LogP contribution is -2.36. The molecular weight excluding hydrogens is 442 g/mol. The monoisotopic (exact) mass is 463 g/mol. The minimum absolute atomic E-state index is 0.0254. The number of amides is 2. The van der Waals surface area contributed by atoms with Gasteiger partial charge in [-0.2, -0.15) is 0 Å². The van der Waals surface area contributed by atoms with Gasteiger partial charge in [0.25, 0.3) is 5.56 Å². The van der Waals surface area contributed by atoms with Crippen LogP contribution in [0.4, 0.5) is 16.4 Å². The molecule has 0 unspecified atom stereocenters. The van der Waals surface area contributed by atoms with Gasteiger partial charge < -0.3 is 10.1 Å². The van der Waals surface area contributed by atoms with Crippen LogP contribution in [0, 0.1) is 0 Å². The van der Waals surface area contributed by atoms with E-state index in [0.29, 0.717) is 33.0 Å². The number of nitrogens with zero attached hydrogens (tertiary/aromatic N) is 2. The normalized spacial score (nSPS) is 10.8. The second-order valence-corrected chi connectivity index (χ2v) is 7.90. The molecule has 0 radical (unpaired) electrons. The van der Waals surface area contributed by atoms with Crippen molar-refractivity contribution in [3.05, 3.63) is 88.2 Å². The minimum atomic E-state index is -0.539. The SMILES string of the molecule is CC(C)Oc1cccc(-n2c(NNC(=O)Nc3ccc(Cl)cc3)nc3ccccc3c2=O)c1. The van der Waals surface area contributed by atoms with Crippen LogP contribution in [0.5, 0.6) is 5.75 Å². The maximum absolute atomic E-state index is 13.4. The summed E-state index contributed by atoms with van der Waals surface area (Å²) >= 11 is 5.88. The van der Waals surface area contributed by atoms with Crippen LogP contribution in [0.2, 0.25) is 5.02 Å². The van der Waals surface area contributed by atoms with Gasteiger partial charge in [-0.1, -0.05) is 29.8 Å². The number of hydrogen-bond acceptors (Lipinski definition) is 5. The standard InChI is InChI=1S/C24H22ClN5O3/c1-15(2)33-19-7-5-6-18(14-19)30-22(31)20-8-3-4-9-21(20)27-23(30)28-29-24(32)26-17-12-10-16(25)11-13-17/h3-15H,1-2H3,(H,27,28)(H2,26,29,32). The number of hydrazine groups is 1. The first-order valence-corrected chi connectivity index (χ1v) is 10.7. The zero-order chi connectivity index (χ0) is 23.4. The lowest BCUT2D eigenvalue weighted by molar-refractivity contribution is 0.242. The average molecular weight is 464 g/mol. The second kappa shape index (κ2) is 9.62. The Balaban J connectivity index is 1.67. The van der Waals surface area contributed by atoms with Crippen molar-refractivity contribution >= 4 is 40.2 Å². The predicted octanol–water partition coefficient (Wildman–Crippen LogP) is 4.97. The number of nitrogens with one attached hydrogen (secondary N) is 3. The van der Waals surface area contributed by atoms with Crippen molar-refractivity contribution in [2.24, 2.45) is 0 Å². The molecule has 0 bridgehead atoms. The van der Waals surface area contributed by atoms with Gasteiger partial charge in [-0.25, -0.2) is 19.8 Å². The van der Waals surface area contributed by atoms with Gasteiger partial charge in [0.15, 0.2) is 0 Å². The number of benzene rings is 3. The van der Waals surface area contributed by atoms with Crippen molar-refractivity contribution in [2.75, 3.05) is 10.7 Å². The van der Waals surface area contributed by atoms with Crippen LogP contribution in [0.3, 0.4) is 0 Å². The van der Waals surface area contributed by atoms with Gasteiger partial charge in [0, 0.05) is 16.8 Å². The highest BCUT2D eigenvalue weighted by Gasteiger charge is 2.14. The molecule has 0 spiro atoms. The molecule has 3 aromatic carbocycles. The molecule has 1 aromatic heterocycles. The maximum Gasteiger partial charge on any atom is 0.337 e. The van der Waals surface area contributed by atoms with E-state index in [9.17, 15) is 9.59 Å². The first-order valence-electron chi connectivity index (χ1n) is 10.3. The molecule has 3 N–H and O–H groups in total. The van der Waals surface area contributed by atoms with Gasteiger partial charge in [-0.05, 0) is 62.4 Å². The molecule has 0 saturated heterocycles. The van der Waals surface area contributed by atoms with E-state index >= 15 is 0 Å². The van der Waals surface area contributed by atoms with Crippen LogP contribution in [-0.2, 0) is 0 Å². The fourth-order valence-electron chi connectivity index (χ4n) is 3.23. The molecule has 0 aliphatic heterocycles. The van der Waals surface area contributed by atoms with Gasteiger partial charge in [0.1, 0.15) is 5.75 Å². The average Bonchev–Trinajstić information content (AvgIpc) is 2.79. The molecule has 0 saturated carbocycles. The van der Waals surface area contributed by atoms with E-state index in [0.717, 1.165) is 0 Å². The summed E-state index contributed by atoms with van der Waals surface area (Å²) in [6.45, 7) is 3.85. The first-order chi connectivity index (χ1) is 15.9. The van der Waals surface area contributed by atoms with Crippen molar-refractivity contribution in [3.8, 4) is 11.4 Å². The number of carbonyl (C=O) groups excluding carboxylic acids is 1. The van der Waals surface area contributed by atoms with Crippen molar-refractivity contribution in [1.82, 2.24) is 15.0 Å². The number of rotatable bonds is 6. The summed E-state index contributed by atoms with van der Waals surface area (Å²) in [7, 11) is 0. The fourth-order valence-corrected chi connectivity index (χ4v) is 3.36. The van der Waals surface area contributed by atoms with Gasteiger partial charge in [-0.3, -0.25) is 10.2 Å². The molecule has 168 valence electrons. The molecule has 9 heteroatoms. The van der Waals surface area contributed by atoms with Crippen molar-refractivity contribution < 1.29 is 9.53 Å². The number of aromatic nitrogens is 2. The fraction of sp³-hybridized carbons (Fsp3) is 0.125. The largest absolute Gasteiger partial charge is 0.491 e. The van der Waals surface area contributed by atoms with Gasteiger partial charge in [0.05, 0.1) is 22.7 Å². The molecule has 8 nitrogen and oxygen atoms in total. The summed E-state index contributed by atoms with van der Waals surface area (Å²) in [5, 5.41) is 3.68. The highest BCUT2D eigenvalue weighted by molar-refractivity contribution is 6.30. The molecular formula is C24H22ClN5O3. The van der Waals surface area contributed by atoms with Crippen molar-refractivity contribution in [1.29, 1.82) is 0 Å². The van der Waals surface area contributed by atoms with Gasteiger partial charge in [0.2, 0.25) is 5.95 Å². The molecule has 4 rings (SSSR count). The van der Waals surface area contributed by atoms with E-state index in [1.165, 1.54) is 4.57 Å². The van der Waals surface area contributed by atoms with Crippen LogP contribution in [0.25, 0.3) is 16.6 Å². The Morgan fingerprint density at radius 2 is 1.79 bits per heavy atom. The van der Waals surface area contributed by atoms with Gasteiger partial charge >= 0.3 is 6.03 Å². The Hall–Kier alpha value is -4.04. The molecule has 33 heavy (non-hydrogen) atoms. The van der Waals surface area contributed by atoms with E-state index in [2.05, 4.69) is 21.2 Å². The van der Waals surface area contributed by atoms with Crippen LogP contribution in [0.1, 0.15) is 13.8 Å². The molecule has 0 aliphatic carbocycles. The van der Waals surface area contributed by atoms with Crippen molar-refractivity contribution in [3.63, 3.8) is 0 Å². The Morgan fingerprint density at radius 3 is 2.55 bits per heavy atom. The lowest BCUT2D eigenvalue weighted by atomic mass is 10.2. The van der Waals surface area contributed by atoms with E-state index in [4.69, 9.17) is 16.3 Å². The Bertz CT molecular complexity index is 1350. The highest BCUT2D eigenvalue weighted by Crippen LogP contribution is 2.21. The third kappa shape index (κ3) is 5.24. The Kier molecular flexibility index (Phi) is 6.46. The zero-order valence-corrected chi connectivity index (χ0v) is 18.8. The number of halogens is 1. The van der Waals surface area contributed by atoms with Crippen molar-refractivity contribution in [2.45, 2.75) is 20.0 Å². The number of carbonyl (C=O) groups is 1. The summed E-state index contributed by atoms with van der Waals surface area (Å²) in [5.41, 5.74) is 6.59. The predicted molar refractivity (Wildman–Crippen MR) is 130 cm³/mol. The smallest absolute Gasteiger partial charge is 0.337 e. The third-order valence-electron chi connectivity index (χ3n) is 4.61. The zero-order valence-electron chi connectivity index (χ0n) is 18.0. The number of urea groups is 1. The number of ether oxygens (including phenoxy) is 1. The molecule has 0 fully saturated rings. The topological polar surface area (TPSA) is 97.3 Å². The molecule has 4 aromatic rings. The molecule has 0 aliphatic rings. The van der Waals surface area contributed by atoms with E-state index in [-0.39, 0.29) is 17.6 Å². The number of para-hydroxylation sites is 1. The van der Waals surface area contributed by atoms with E-state index in [1.54, 1.807) is 66.7 Å². The molecule has 1 heterocycles. The van der Waals surface area contributed by atoms with E-state index in [1.807, 2.05) is 19.9 Å². The van der Waals surface area contributed by atoms with Gasteiger partial charge in [-0.15, -0.1) is 0 Å². The summed E-state index contributed by atoms with van der Waals surface area (Å²) in [4.78, 5) is 30.3. The summed E-state index contributed by atoms with van der Waals surface area (Å²) < 4.78 is 7.16. The second-order valence-electron chi connectivity index (χ2n) is 7.47. The summed E-state index contributed by atoms with van der Waals surface area (Å²) in [6, 6.07) is 20.3. The summed E-state index contributed by atoms with van der Waals surface area (Å²) in [5.74, 6) is 0.758. The summed E-state index contributed by atoms with van der Waals surface area (Å²) in [6.07, 6.45) is -0.0254. The highest BCUT2D eigenvalue weighted by atomic mass is 35.5. The number of fused-ring (bicyclic) bond motifs is 1. The lowest BCUT2D eigenvalue weighted by Gasteiger charge is -2.17. The maximum atomic E-state index is 13.4. The number of anilines is 2. The quantitative estimate of drug-likeness (QED) is 0.350. The Labute approximate surface area is 195 Å². The Morgan fingerprint density at radius 1 is 1.03 bits per heavy atom. The minimum Gasteiger partial charge on any atom is -0.491 e. The molecule has 2 amide bonds. The van der Waals surface area contributed by atoms with Crippen LogP contribution in [0.15, 0.2) is 77.6 Å². The molecule has 0 atom stereocenters. The third-order valence-corrected chi connectivity index (χ3v) is 4.87. The van der Waals surface area contributed by atoms with E-state index < -0.39 is 6.03 Å². The first kappa shape index (κ1) is 22.2.